The lowest BCUT2D eigenvalue weighted by Gasteiger charge is -2.26. The molecule has 1 heterocycles. The van der Waals surface area contributed by atoms with Crippen LogP contribution in [0.5, 0.6) is 5.75 Å². The summed E-state index contributed by atoms with van der Waals surface area (Å²) in [6, 6.07) is 12.9. The van der Waals surface area contributed by atoms with Crippen molar-refractivity contribution < 1.29 is 14.3 Å². The van der Waals surface area contributed by atoms with E-state index in [0.717, 1.165) is 19.6 Å². The predicted molar refractivity (Wildman–Crippen MR) is 106 cm³/mol. The lowest BCUT2D eigenvalue weighted by atomic mass is 10.1. The maximum Gasteiger partial charge on any atom is 0.264 e. The van der Waals surface area contributed by atoms with Crippen LogP contribution >= 0.6 is 0 Å². The summed E-state index contributed by atoms with van der Waals surface area (Å²) in [5.41, 5.74) is 3.12. The Morgan fingerprint density at radius 1 is 1.15 bits per heavy atom. The number of carbonyl (C=O) groups is 2. The SMILES string of the molecule is CCN(CC)Cc1ccc(C(=O)Nc2ccc3c(c2)OCC(=O)N3C)cc1. The molecule has 142 valence electrons. The lowest BCUT2D eigenvalue weighted by molar-refractivity contribution is -0.120. The normalized spacial score (nSPS) is 13.3. The number of nitrogens with zero attached hydrogens (tertiary/aromatic N) is 2. The van der Waals surface area contributed by atoms with E-state index in [1.165, 1.54) is 5.56 Å². The number of nitrogens with one attached hydrogen (secondary N) is 1. The molecule has 2 amide bonds. The molecule has 0 radical (unpaired) electrons. The van der Waals surface area contributed by atoms with Crippen molar-refractivity contribution in [2.45, 2.75) is 20.4 Å². The third-order valence-corrected chi connectivity index (χ3v) is 4.82. The highest BCUT2D eigenvalue weighted by atomic mass is 16.5. The van der Waals surface area contributed by atoms with Crippen molar-refractivity contribution in [1.82, 2.24) is 4.90 Å². The van der Waals surface area contributed by atoms with Crippen molar-refractivity contribution in [2.75, 3.05) is 37.0 Å². The van der Waals surface area contributed by atoms with Gasteiger partial charge in [0, 0.05) is 30.9 Å². The maximum atomic E-state index is 12.5. The molecule has 1 aliphatic heterocycles. The average Bonchev–Trinajstić information content (AvgIpc) is 2.69. The minimum atomic E-state index is -0.176. The number of likely N-dealkylation sites (N-methyl/N-ethyl adjacent to an activating group) is 1. The first-order chi connectivity index (χ1) is 13.0. The number of carbonyl (C=O) groups excluding carboxylic acids is 2. The van der Waals surface area contributed by atoms with Crippen LogP contribution in [-0.2, 0) is 11.3 Å². The maximum absolute atomic E-state index is 12.5. The Hall–Kier alpha value is -2.86. The van der Waals surface area contributed by atoms with Gasteiger partial charge in [-0.05, 0) is 42.9 Å². The number of hydrogen-bond acceptors (Lipinski definition) is 4. The van der Waals surface area contributed by atoms with E-state index < -0.39 is 0 Å². The second-order valence-corrected chi connectivity index (χ2v) is 6.54. The van der Waals surface area contributed by atoms with Crippen LogP contribution in [0.4, 0.5) is 11.4 Å². The second kappa shape index (κ2) is 8.22. The molecule has 1 N–H and O–H groups in total. The van der Waals surface area contributed by atoms with Gasteiger partial charge in [-0.2, -0.15) is 0 Å². The standard InChI is InChI=1S/C21H25N3O3/c1-4-24(5-2)13-15-6-8-16(9-7-15)21(26)22-17-10-11-18-19(12-17)27-14-20(25)23(18)3/h6-12H,4-5,13-14H2,1-3H3,(H,22,26). The van der Waals surface area contributed by atoms with Gasteiger partial charge >= 0.3 is 0 Å². The fourth-order valence-corrected chi connectivity index (χ4v) is 3.03. The fourth-order valence-electron chi connectivity index (χ4n) is 3.03. The number of benzene rings is 2. The van der Waals surface area contributed by atoms with Gasteiger partial charge in [-0.1, -0.05) is 26.0 Å². The molecule has 2 aromatic carbocycles. The first-order valence-electron chi connectivity index (χ1n) is 9.17. The summed E-state index contributed by atoms with van der Waals surface area (Å²) in [7, 11) is 1.71. The van der Waals surface area contributed by atoms with Crippen molar-refractivity contribution >= 4 is 23.2 Å². The van der Waals surface area contributed by atoms with E-state index in [1.807, 2.05) is 24.3 Å². The zero-order valence-corrected chi connectivity index (χ0v) is 16.0. The first kappa shape index (κ1) is 18.9. The molecular formula is C21H25N3O3. The van der Waals surface area contributed by atoms with Crippen LogP contribution < -0.4 is 15.0 Å². The highest BCUT2D eigenvalue weighted by Crippen LogP contribution is 2.33. The summed E-state index contributed by atoms with van der Waals surface area (Å²) in [6.07, 6.45) is 0. The summed E-state index contributed by atoms with van der Waals surface area (Å²) >= 11 is 0. The Balaban J connectivity index is 1.68. The molecule has 1 aliphatic rings. The van der Waals surface area contributed by atoms with Gasteiger partial charge in [-0.3, -0.25) is 14.5 Å². The van der Waals surface area contributed by atoms with Crippen molar-refractivity contribution in [3.05, 3.63) is 53.6 Å². The number of anilines is 2. The largest absolute Gasteiger partial charge is 0.481 e. The molecule has 6 nitrogen and oxygen atoms in total. The van der Waals surface area contributed by atoms with Gasteiger partial charge in [-0.15, -0.1) is 0 Å². The van der Waals surface area contributed by atoms with Crippen LogP contribution in [0.1, 0.15) is 29.8 Å². The van der Waals surface area contributed by atoms with Gasteiger partial charge in [0.25, 0.3) is 11.8 Å². The minimum Gasteiger partial charge on any atom is -0.481 e. The molecule has 0 aromatic heterocycles. The molecule has 0 atom stereocenters. The van der Waals surface area contributed by atoms with E-state index >= 15 is 0 Å². The molecular weight excluding hydrogens is 342 g/mol. The molecule has 2 aromatic rings. The summed E-state index contributed by atoms with van der Waals surface area (Å²) < 4.78 is 5.46. The van der Waals surface area contributed by atoms with E-state index in [9.17, 15) is 9.59 Å². The molecule has 0 bridgehead atoms. The topological polar surface area (TPSA) is 61.9 Å². The molecule has 0 aliphatic carbocycles. The molecule has 3 rings (SSSR count). The molecule has 0 unspecified atom stereocenters. The zero-order chi connectivity index (χ0) is 19.4. The molecule has 0 saturated carbocycles. The molecule has 0 saturated heterocycles. The summed E-state index contributed by atoms with van der Waals surface area (Å²) in [6.45, 7) is 7.17. The van der Waals surface area contributed by atoms with Crippen LogP contribution in [0.2, 0.25) is 0 Å². The van der Waals surface area contributed by atoms with Gasteiger partial charge in [0.1, 0.15) is 5.75 Å². The van der Waals surface area contributed by atoms with Crippen LogP contribution in [0.3, 0.4) is 0 Å². The van der Waals surface area contributed by atoms with Crippen molar-refractivity contribution in [3.63, 3.8) is 0 Å². The third kappa shape index (κ3) is 4.28. The highest BCUT2D eigenvalue weighted by Gasteiger charge is 2.22. The number of rotatable bonds is 6. The van der Waals surface area contributed by atoms with E-state index in [4.69, 9.17) is 4.74 Å². The Bertz CT molecular complexity index is 829. The van der Waals surface area contributed by atoms with Crippen LogP contribution in [0.25, 0.3) is 0 Å². The van der Waals surface area contributed by atoms with Crippen LogP contribution in [-0.4, -0.2) is 43.5 Å². The van der Waals surface area contributed by atoms with Crippen LogP contribution in [0, 0.1) is 0 Å². The predicted octanol–water partition coefficient (Wildman–Crippen LogP) is 3.14. The minimum absolute atomic E-state index is 0.00883. The van der Waals surface area contributed by atoms with Crippen molar-refractivity contribution in [3.8, 4) is 5.75 Å². The second-order valence-electron chi connectivity index (χ2n) is 6.54. The Morgan fingerprint density at radius 2 is 1.85 bits per heavy atom. The lowest BCUT2D eigenvalue weighted by Crippen LogP contribution is -2.35. The number of amides is 2. The van der Waals surface area contributed by atoms with E-state index in [1.54, 1.807) is 30.1 Å². The average molecular weight is 367 g/mol. The Kier molecular flexibility index (Phi) is 5.76. The highest BCUT2D eigenvalue weighted by molar-refractivity contribution is 6.05. The summed E-state index contributed by atoms with van der Waals surface area (Å²) in [5, 5.41) is 2.88. The number of hydrogen-bond donors (Lipinski definition) is 1. The van der Waals surface area contributed by atoms with Gasteiger partial charge in [0.15, 0.2) is 6.61 Å². The van der Waals surface area contributed by atoms with Gasteiger partial charge < -0.3 is 15.0 Å². The summed E-state index contributed by atoms with van der Waals surface area (Å²) in [5.74, 6) is 0.318. The van der Waals surface area contributed by atoms with E-state index in [2.05, 4.69) is 24.1 Å². The Labute approximate surface area is 159 Å². The number of fused-ring (bicyclic) bond motifs is 1. The van der Waals surface area contributed by atoms with Gasteiger partial charge in [0.2, 0.25) is 0 Å². The van der Waals surface area contributed by atoms with Crippen LogP contribution in [0.15, 0.2) is 42.5 Å². The number of ether oxygens (including phenoxy) is 1. The van der Waals surface area contributed by atoms with Gasteiger partial charge in [0.05, 0.1) is 5.69 Å². The van der Waals surface area contributed by atoms with E-state index in [0.29, 0.717) is 22.7 Å². The summed E-state index contributed by atoms with van der Waals surface area (Å²) in [4.78, 5) is 28.1. The van der Waals surface area contributed by atoms with Crippen molar-refractivity contribution in [2.24, 2.45) is 0 Å². The molecule has 0 fully saturated rings. The molecule has 0 spiro atoms. The third-order valence-electron chi connectivity index (χ3n) is 4.82. The monoisotopic (exact) mass is 367 g/mol. The fraction of sp³-hybridized carbons (Fsp3) is 0.333. The molecule has 27 heavy (non-hydrogen) atoms. The molecule has 6 heteroatoms. The Morgan fingerprint density at radius 3 is 2.52 bits per heavy atom. The van der Waals surface area contributed by atoms with Crippen molar-refractivity contribution in [1.29, 1.82) is 0 Å². The first-order valence-corrected chi connectivity index (χ1v) is 9.17. The zero-order valence-electron chi connectivity index (χ0n) is 16.0. The van der Waals surface area contributed by atoms with E-state index in [-0.39, 0.29) is 18.4 Å². The quantitative estimate of drug-likeness (QED) is 0.852. The smallest absolute Gasteiger partial charge is 0.264 e. The van der Waals surface area contributed by atoms with Gasteiger partial charge in [-0.25, -0.2) is 0 Å².